The molecule has 0 spiro atoms. The van der Waals surface area contributed by atoms with E-state index in [4.69, 9.17) is 0 Å². The van der Waals surface area contributed by atoms with Crippen molar-refractivity contribution in [1.82, 2.24) is 0 Å². The minimum atomic E-state index is -0.218. The molecule has 1 aliphatic rings. The van der Waals surface area contributed by atoms with Gasteiger partial charge in [0.2, 0.25) is 0 Å². The average Bonchev–Trinajstić information content (AvgIpc) is 2.78. The summed E-state index contributed by atoms with van der Waals surface area (Å²) in [7, 11) is 0. The molecule has 0 bridgehead atoms. The Kier molecular flexibility index (Phi) is 3.19. The third kappa shape index (κ3) is 2.32. The van der Waals surface area contributed by atoms with Crippen molar-refractivity contribution >= 4 is 21.6 Å². The van der Waals surface area contributed by atoms with Crippen molar-refractivity contribution in [2.75, 3.05) is 11.4 Å². The molecule has 3 rings (SSSR count). The number of hydrogen-bond acceptors (Lipinski definition) is 2. The van der Waals surface area contributed by atoms with Crippen LogP contribution in [0, 0.1) is 5.82 Å². The van der Waals surface area contributed by atoms with Crippen LogP contribution >= 0.6 is 15.9 Å². The monoisotopic (exact) mass is 321 g/mol. The number of para-hydroxylation sites is 1. The van der Waals surface area contributed by atoms with Crippen molar-refractivity contribution in [3.8, 4) is 5.75 Å². The van der Waals surface area contributed by atoms with Gasteiger partial charge in [0.1, 0.15) is 11.6 Å². The summed E-state index contributed by atoms with van der Waals surface area (Å²) in [5, 5.41) is 10.0. The van der Waals surface area contributed by atoms with Crippen LogP contribution in [0.3, 0.4) is 0 Å². The summed E-state index contributed by atoms with van der Waals surface area (Å²) in [6.45, 7) is 1.44. The molecule has 4 heteroatoms. The van der Waals surface area contributed by atoms with Gasteiger partial charge in [0.05, 0.1) is 4.47 Å². The fourth-order valence-corrected chi connectivity index (χ4v) is 2.88. The van der Waals surface area contributed by atoms with Crippen molar-refractivity contribution < 1.29 is 9.50 Å². The summed E-state index contributed by atoms with van der Waals surface area (Å²) in [6, 6.07) is 10.5. The van der Waals surface area contributed by atoms with Crippen LogP contribution in [0.15, 0.2) is 40.9 Å². The average molecular weight is 322 g/mol. The van der Waals surface area contributed by atoms with Gasteiger partial charge in [-0.2, -0.15) is 0 Å². The Morgan fingerprint density at radius 1 is 1.26 bits per heavy atom. The van der Waals surface area contributed by atoms with Crippen molar-refractivity contribution in [3.05, 3.63) is 57.8 Å². The molecule has 0 atom stereocenters. The van der Waals surface area contributed by atoms with Gasteiger partial charge in [-0.1, -0.05) is 18.2 Å². The van der Waals surface area contributed by atoms with Crippen LogP contribution < -0.4 is 4.90 Å². The van der Waals surface area contributed by atoms with Crippen LogP contribution in [-0.2, 0) is 13.0 Å². The van der Waals surface area contributed by atoms with Gasteiger partial charge in [0, 0.05) is 24.3 Å². The predicted molar refractivity (Wildman–Crippen MR) is 77.0 cm³/mol. The molecule has 1 heterocycles. The maximum Gasteiger partial charge on any atom is 0.134 e. The summed E-state index contributed by atoms with van der Waals surface area (Å²) < 4.78 is 14.0. The number of fused-ring (bicyclic) bond motifs is 1. The van der Waals surface area contributed by atoms with Crippen molar-refractivity contribution in [1.29, 1.82) is 0 Å². The number of phenols is 1. The number of hydrogen-bond donors (Lipinski definition) is 1. The lowest BCUT2D eigenvalue weighted by atomic mass is 10.1. The van der Waals surface area contributed by atoms with Crippen molar-refractivity contribution in [3.63, 3.8) is 0 Å². The zero-order valence-corrected chi connectivity index (χ0v) is 11.8. The molecule has 0 saturated carbocycles. The number of aromatic hydroxyl groups is 1. The fourth-order valence-electron chi connectivity index (χ4n) is 2.48. The Bertz CT molecular complexity index is 630. The first-order valence-electron chi connectivity index (χ1n) is 6.15. The van der Waals surface area contributed by atoms with Crippen LogP contribution in [0.2, 0.25) is 0 Å². The highest BCUT2D eigenvalue weighted by Crippen LogP contribution is 2.33. The Morgan fingerprint density at radius 2 is 2.11 bits per heavy atom. The highest BCUT2D eigenvalue weighted by molar-refractivity contribution is 9.10. The van der Waals surface area contributed by atoms with Gasteiger partial charge in [-0.15, -0.1) is 0 Å². The van der Waals surface area contributed by atoms with Gasteiger partial charge in [-0.05, 0) is 46.1 Å². The Hall–Kier alpha value is -1.55. The number of benzene rings is 2. The van der Waals surface area contributed by atoms with E-state index in [1.807, 2.05) is 18.2 Å². The molecule has 2 aromatic rings. The van der Waals surface area contributed by atoms with Gasteiger partial charge in [0.25, 0.3) is 0 Å². The van der Waals surface area contributed by atoms with Gasteiger partial charge in [-0.25, -0.2) is 4.39 Å². The van der Waals surface area contributed by atoms with E-state index >= 15 is 0 Å². The zero-order valence-electron chi connectivity index (χ0n) is 10.2. The maximum atomic E-state index is 13.3. The summed E-state index contributed by atoms with van der Waals surface area (Å²) in [4.78, 5) is 2.10. The van der Waals surface area contributed by atoms with Crippen LogP contribution in [0.25, 0.3) is 0 Å². The maximum absolute atomic E-state index is 13.3. The Labute approximate surface area is 119 Å². The summed E-state index contributed by atoms with van der Waals surface area (Å²) in [6.07, 6.45) is 0.921. The summed E-state index contributed by atoms with van der Waals surface area (Å²) >= 11 is 3.31. The molecule has 2 nitrogen and oxygen atoms in total. The first-order chi connectivity index (χ1) is 9.15. The minimum Gasteiger partial charge on any atom is -0.506 e. The lowest BCUT2D eigenvalue weighted by Gasteiger charge is -2.20. The van der Waals surface area contributed by atoms with E-state index in [1.165, 1.54) is 6.07 Å². The Balaban J connectivity index is 1.90. The van der Waals surface area contributed by atoms with Gasteiger partial charge >= 0.3 is 0 Å². The molecule has 0 saturated heterocycles. The second-order valence-electron chi connectivity index (χ2n) is 4.69. The molecule has 19 heavy (non-hydrogen) atoms. The summed E-state index contributed by atoms with van der Waals surface area (Å²) in [5.41, 5.74) is 2.93. The molecule has 1 aliphatic heterocycles. The molecule has 0 unspecified atom stereocenters. The lowest BCUT2D eigenvalue weighted by Crippen LogP contribution is -2.19. The van der Waals surface area contributed by atoms with Gasteiger partial charge in [0.15, 0.2) is 0 Å². The minimum absolute atomic E-state index is 0.218. The zero-order chi connectivity index (χ0) is 13.4. The van der Waals surface area contributed by atoms with E-state index < -0.39 is 0 Å². The highest BCUT2D eigenvalue weighted by Gasteiger charge is 2.20. The number of nitrogens with zero attached hydrogens (tertiary/aromatic N) is 1. The number of anilines is 1. The quantitative estimate of drug-likeness (QED) is 0.908. The normalized spacial score (nSPS) is 13.7. The number of halogens is 2. The molecule has 98 valence electrons. The molecule has 1 N–H and O–H groups in total. The van der Waals surface area contributed by atoms with Crippen molar-refractivity contribution in [2.45, 2.75) is 13.0 Å². The molecular weight excluding hydrogens is 309 g/mol. The SMILES string of the molecule is Oc1c(Br)cccc1CN1CCc2ccc(F)cc21. The molecule has 0 amide bonds. The van der Waals surface area contributed by atoms with Crippen LogP contribution in [0.5, 0.6) is 5.75 Å². The molecule has 0 radical (unpaired) electrons. The van der Waals surface area contributed by atoms with E-state index in [2.05, 4.69) is 20.8 Å². The summed E-state index contributed by atoms with van der Waals surface area (Å²) in [5.74, 6) is 0.0384. The topological polar surface area (TPSA) is 23.5 Å². The fraction of sp³-hybridized carbons (Fsp3) is 0.200. The second-order valence-corrected chi connectivity index (χ2v) is 5.55. The van der Waals surface area contributed by atoms with Crippen LogP contribution in [0.1, 0.15) is 11.1 Å². The third-order valence-corrected chi connectivity index (χ3v) is 4.11. The van der Waals surface area contributed by atoms with Gasteiger partial charge < -0.3 is 10.0 Å². The first kappa shape index (κ1) is 12.5. The van der Waals surface area contributed by atoms with E-state index in [0.29, 0.717) is 11.0 Å². The predicted octanol–water partition coefficient (Wildman–Crippen LogP) is 3.86. The highest BCUT2D eigenvalue weighted by atomic mass is 79.9. The van der Waals surface area contributed by atoms with Gasteiger partial charge in [-0.3, -0.25) is 0 Å². The molecule has 0 fully saturated rings. The van der Waals surface area contributed by atoms with E-state index in [-0.39, 0.29) is 11.6 Å². The van der Waals surface area contributed by atoms with Crippen molar-refractivity contribution in [2.24, 2.45) is 0 Å². The first-order valence-corrected chi connectivity index (χ1v) is 6.94. The smallest absolute Gasteiger partial charge is 0.134 e. The largest absolute Gasteiger partial charge is 0.506 e. The molecular formula is C15H13BrFNO. The lowest BCUT2D eigenvalue weighted by molar-refractivity contribution is 0.464. The second kappa shape index (κ2) is 4.85. The van der Waals surface area contributed by atoms with E-state index in [9.17, 15) is 9.50 Å². The van der Waals surface area contributed by atoms with Crippen LogP contribution in [-0.4, -0.2) is 11.7 Å². The Morgan fingerprint density at radius 3 is 2.95 bits per heavy atom. The van der Waals surface area contributed by atoms with E-state index in [1.54, 1.807) is 12.1 Å². The third-order valence-electron chi connectivity index (χ3n) is 3.47. The number of rotatable bonds is 2. The molecule has 0 aromatic heterocycles. The standard InChI is InChI=1S/C15H13BrFNO/c16-13-3-1-2-11(15(13)19)9-18-7-6-10-4-5-12(17)8-14(10)18/h1-5,8,19H,6-7,9H2. The molecule has 0 aliphatic carbocycles. The molecule has 2 aromatic carbocycles. The number of phenolic OH excluding ortho intramolecular Hbond substituents is 1. The van der Waals surface area contributed by atoms with E-state index in [0.717, 1.165) is 29.8 Å². The van der Waals surface area contributed by atoms with Crippen LogP contribution in [0.4, 0.5) is 10.1 Å².